The topological polar surface area (TPSA) is 95.6 Å². The van der Waals surface area contributed by atoms with E-state index in [1.807, 2.05) is 0 Å². The van der Waals surface area contributed by atoms with Gasteiger partial charge in [-0.2, -0.15) is 4.31 Å². The molecule has 9 heteroatoms. The van der Waals surface area contributed by atoms with E-state index in [0.717, 1.165) is 25.7 Å². The summed E-state index contributed by atoms with van der Waals surface area (Å²) in [5.41, 5.74) is 0. The van der Waals surface area contributed by atoms with Crippen molar-refractivity contribution in [3.63, 3.8) is 0 Å². The lowest BCUT2D eigenvalue weighted by molar-refractivity contribution is -0.131. The number of nitrogens with zero attached hydrogens (tertiary/aromatic N) is 1. The van der Waals surface area contributed by atoms with Crippen molar-refractivity contribution in [3.8, 4) is 0 Å². The molecule has 0 radical (unpaired) electrons. The molecule has 0 aromatic heterocycles. The maximum Gasteiger partial charge on any atom is 0.243 e. The average molecular weight is 456 g/mol. The molecular weight excluding hydrogens is 426 g/mol. The molecule has 1 aliphatic heterocycles. The quantitative estimate of drug-likeness (QED) is 0.689. The van der Waals surface area contributed by atoms with Gasteiger partial charge in [0.05, 0.1) is 10.8 Å². The van der Waals surface area contributed by atoms with Crippen LogP contribution in [0, 0.1) is 5.92 Å². The van der Waals surface area contributed by atoms with Crippen LogP contribution in [0.1, 0.15) is 51.9 Å². The fraction of sp³-hybridized carbons (Fsp3) is 0.619. The highest BCUT2D eigenvalue weighted by Gasteiger charge is 2.34. The first-order valence-electron chi connectivity index (χ1n) is 10.6. The summed E-state index contributed by atoms with van der Waals surface area (Å²) < 4.78 is 27.2. The van der Waals surface area contributed by atoms with Gasteiger partial charge in [-0.3, -0.25) is 9.59 Å². The van der Waals surface area contributed by atoms with Crippen molar-refractivity contribution >= 4 is 33.4 Å². The number of carbonyl (C=O) groups excluding carboxylic acids is 2. The molecule has 1 aromatic carbocycles. The SMILES string of the molecule is C[C@@H](NC(=O)[C@H]1CCCN(S(=O)(=O)c2ccc(Cl)cc2)C1)C(=O)NC1CCCCC1. The van der Waals surface area contributed by atoms with Crippen molar-refractivity contribution in [2.75, 3.05) is 13.1 Å². The predicted octanol–water partition coefficient (Wildman–Crippen LogP) is 2.69. The van der Waals surface area contributed by atoms with Crippen LogP contribution >= 0.6 is 11.6 Å². The number of amides is 2. The van der Waals surface area contributed by atoms with Crippen LogP contribution < -0.4 is 10.6 Å². The van der Waals surface area contributed by atoms with E-state index in [9.17, 15) is 18.0 Å². The average Bonchev–Trinajstić information content (AvgIpc) is 2.74. The lowest BCUT2D eigenvalue weighted by Gasteiger charge is -2.32. The van der Waals surface area contributed by atoms with Gasteiger partial charge in [0, 0.05) is 24.2 Å². The molecule has 0 bridgehead atoms. The summed E-state index contributed by atoms with van der Waals surface area (Å²) in [5.74, 6) is -0.945. The molecule has 2 aliphatic rings. The summed E-state index contributed by atoms with van der Waals surface area (Å²) in [7, 11) is -3.69. The number of piperidine rings is 1. The Morgan fingerprint density at radius 2 is 1.73 bits per heavy atom. The molecule has 1 heterocycles. The van der Waals surface area contributed by atoms with Crippen LogP contribution in [0.5, 0.6) is 0 Å². The Hall–Kier alpha value is -1.64. The molecule has 2 atom stereocenters. The Balaban J connectivity index is 1.57. The number of rotatable bonds is 6. The second-order valence-electron chi connectivity index (χ2n) is 8.23. The Morgan fingerprint density at radius 1 is 1.07 bits per heavy atom. The second kappa shape index (κ2) is 10.1. The smallest absolute Gasteiger partial charge is 0.243 e. The summed E-state index contributed by atoms with van der Waals surface area (Å²) in [4.78, 5) is 25.3. The molecule has 166 valence electrons. The van der Waals surface area contributed by atoms with Gasteiger partial charge in [0.1, 0.15) is 6.04 Å². The number of sulfonamides is 1. The van der Waals surface area contributed by atoms with Gasteiger partial charge in [0.15, 0.2) is 0 Å². The summed E-state index contributed by atoms with van der Waals surface area (Å²) in [6.07, 6.45) is 6.58. The van der Waals surface area contributed by atoms with E-state index in [1.54, 1.807) is 6.92 Å². The van der Waals surface area contributed by atoms with Crippen LogP contribution in [0.2, 0.25) is 5.02 Å². The highest BCUT2D eigenvalue weighted by molar-refractivity contribution is 7.89. The molecule has 1 saturated heterocycles. The van der Waals surface area contributed by atoms with Crippen molar-refractivity contribution < 1.29 is 18.0 Å². The minimum atomic E-state index is -3.69. The first-order valence-corrected chi connectivity index (χ1v) is 12.5. The number of hydrogen-bond acceptors (Lipinski definition) is 4. The number of carbonyl (C=O) groups is 2. The standard InChI is InChI=1S/C21H30ClN3O4S/c1-15(20(26)24-18-7-3-2-4-8-18)23-21(27)16-6-5-13-25(14-16)30(28,29)19-11-9-17(22)10-12-19/h9-12,15-16,18H,2-8,13-14H2,1H3,(H,23,27)(H,24,26)/t15-,16+/m1/s1. The van der Waals surface area contributed by atoms with Crippen LogP contribution in [-0.2, 0) is 19.6 Å². The maximum absolute atomic E-state index is 12.9. The molecule has 0 spiro atoms. The lowest BCUT2D eigenvalue weighted by Crippen LogP contribution is -2.52. The number of halogens is 1. The van der Waals surface area contributed by atoms with Crippen molar-refractivity contribution in [2.24, 2.45) is 5.92 Å². The van der Waals surface area contributed by atoms with E-state index < -0.39 is 22.0 Å². The molecule has 3 rings (SSSR count). The van der Waals surface area contributed by atoms with Crippen molar-refractivity contribution in [1.29, 1.82) is 0 Å². The fourth-order valence-corrected chi connectivity index (χ4v) is 5.75. The Labute approximate surface area is 183 Å². The summed E-state index contributed by atoms with van der Waals surface area (Å²) in [6, 6.07) is 5.55. The van der Waals surface area contributed by atoms with Gasteiger partial charge in [0.25, 0.3) is 0 Å². The highest BCUT2D eigenvalue weighted by Crippen LogP contribution is 2.25. The first-order chi connectivity index (χ1) is 14.3. The number of hydrogen-bond donors (Lipinski definition) is 2. The van der Waals surface area contributed by atoms with Crippen molar-refractivity contribution in [3.05, 3.63) is 29.3 Å². The Bertz CT molecular complexity index is 854. The van der Waals surface area contributed by atoms with Crippen molar-refractivity contribution in [1.82, 2.24) is 14.9 Å². The summed E-state index contributed by atoms with van der Waals surface area (Å²) in [6.45, 7) is 2.14. The molecule has 1 saturated carbocycles. The first kappa shape index (κ1) is 23.0. The third kappa shape index (κ3) is 5.74. The summed E-state index contributed by atoms with van der Waals surface area (Å²) in [5, 5.41) is 6.25. The predicted molar refractivity (Wildman–Crippen MR) is 116 cm³/mol. The highest BCUT2D eigenvalue weighted by atomic mass is 35.5. The van der Waals surface area contributed by atoms with E-state index in [1.165, 1.54) is 35.0 Å². The largest absolute Gasteiger partial charge is 0.352 e. The molecule has 1 aromatic rings. The zero-order valence-corrected chi connectivity index (χ0v) is 18.8. The minimum absolute atomic E-state index is 0.105. The van der Waals surface area contributed by atoms with Crippen LogP contribution in [0.4, 0.5) is 0 Å². The monoisotopic (exact) mass is 455 g/mol. The molecule has 0 unspecified atom stereocenters. The van der Waals surface area contributed by atoms with Crippen LogP contribution in [0.3, 0.4) is 0 Å². The molecule has 1 aliphatic carbocycles. The minimum Gasteiger partial charge on any atom is -0.352 e. The second-order valence-corrected chi connectivity index (χ2v) is 10.6. The van der Waals surface area contributed by atoms with Gasteiger partial charge in [0.2, 0.25) is 21.8 Å². The third-order valence-electron chi connectivity index (χ3n) is 5.91. The van der Waals surface area contributed by atoms with Crippen molar-refractivity contribution in [2.45, 2.75) is 68.8 Å². The van der Waals surface area contributed by atoms with Gasteiger partial charge in [-0.05, 0) is 56.9 Å². The molecule has 2 fully saturated rings. The zero-order chi connectivity index (χ0) is 21.7. The number of nitrogens with one attached hydrogen (secondary N) is 2. The van der Waals surface area contributed by atoms with Gasteiger partial charge in [-0.25, -0.2) is 8.42 Å². The Kier molecular flexibility index (Phi) is 7.76. The van der Waals surface area contributed by atoms with E-state index in [2.05, 4.69) is 10.6 Å². The van der Waals surface area contributed by atoms with Gasteiger partial charge in [-0.15, -0.1) is 0 Å². The van der Waals surface area contributed by atoms with E-state index >= 15 is 0 Å². The summed E-state index contributed by atoms with van der Waals surface area (Å²) >= 11 is 5.85. The van der Waals surface area contributed by atoms with Crippen LogP contribution in [-0.4, -0.2) is 49.7 Å². The molecule has 7 nitrogen and oxygen atoms in total. The van der Waals surface area contributed by atoms with Gasteiger partial charge in [-0.1, -0.05) is 30.9 Å². The normalized spacial score (nSPS) is 22.3. The van der Waals surface area contributed by atoms with Gasteiger partial charge >= 0.3 is 0 Å². The molecular formula is C21H30ClN3O4S. The molecule has 2 amide bonds. The van der Waals surface area contributed by atoms with Crippen LogP contribution in [0.15, 0.2) is 29.2 Å². The van der Waals surface area contributed by atoms with E-state index in [4.69, 9.17) is 11.6 Å². The molecule has 2 N–H and O–H groups in total. The lowest BCUT2D eigenvalue weighted by atomic mass is 9.95. The van der Waals surface area contributed by atoms with E-state index in [-0.39, 0.29) is 29.3 Å². The zero-order valence-electron chi connectivity index (χ0n) is 17.3. The fourth-order valence-electron chi connectivity index (χ4n) is 4.10. The van der Waals surface area contributed by atoms with Gasteiger partial charge < -0.3 is 10.6 Å². The van der Waals surface area contributed by atoms with Crippen LogP contribution in [0.25, 0.3) is 0 Å². The number of benzene rings is 1. The third-order valence-corrected chi connectivity index (χ3v) is 8.04. The van der Waals surface area contributed by atoms with E-state index in [0.29, 0.717) is 24.4 Å². The molecule has 30 heavy (non-hydrogen) atoms. The Morgan fingerprint density at radius 3 is 2.40 bits per heavy atom. The maximum atomic E-state index is 12.9.